The molecule has 0 aromatic heterocycles. The Kier molecular flexibility index (Phi) is 3.26. The van der Waals surface area contributed by atoms with Crippen molar-refractivity contribution in [3.63, 3.8) is 0 Å². The van der Waals surface area contributed by atoms with E-state index in [1.54, 1.807) is 0 Å². The van der Waals surface area contributed by atoms with Gasteiger partial charge in [0.1, 0.15) is 0 Å². The van der Waals surface area contributed by atoms with Gasteiger partial charge in [-0.3, -0.25) is 4.79 Å². The Morgan fingerprint density at radius 1 is 1.14 bits per heavy atom. The van der Waals surface area contributed by atoms with Gasteiger partial charge in [-0.25, -0.2) is 0 Å². The van der Waals surface area contributed by atoms with Crippen molar-refractivity contribution in [2.24, 2.45) is 5.92 Å². The van der Waals surface area contributed by atoms with Crippen LogP contribution in [0.1, 0.15) is 43.6 Å². The Morgan fingerprint density at radius 2 is 1.86 bits per heavy atom. The second-order valence-corrected chi connectivity index (χ2v) is 7.12. The number of nitrogens with one attached hydrogen (secondary N) is 1. The first-order valence-electron chi connectivity index (χ1n) is 8.33. The summed E-state index contributed by atoms with van der Waals surface area (Å²) in [4.78, 5) is 14.7. The summed E-state index contributed by atoms with van der Waals surface area (Å²) < 4.78 is 0. The third-order valence-electron chi connectivity index (χ3n) is 5.61. The Labute approximate surface area is 126 Å². The maximum atomic E-state index is 12.0. The number of likely N-dealkylation sites (tertiary alicyclic amines) is 1. The normalized spacial score (nSPS) is 28.8. The summed E-state index contributed by atoms with van der Waals surface area (Å²) in [5, 5.41) is 3.34. The molecule has 1 spiro atoms. The van der Waals surface area contributed by atoms with E-state index in [1.165, 1.54) is 24.9 Å². The molecule has 3 fully saturated rings. The van der Waals surface area contributed by atoms with E-state index in [9.17, 15) is 4.79 Å². The molecule has 1 aromatic rings. The third-order valence-corrected chi connectivity index (χ3v) is 5.61. The van der Waals surface area contributed by atoms with Crippen molar-refractivity contribution in [3.05, 3.63) is 35.9 Å². The standard InChI is InChI=1S/C18H24N2O/c21-17-12-16(15-4-2-1-3-5-15)18(19-17)8-10-20(11-9-18)13-14-6-7-14/h1-5,14,16H,6-13H2,(H,19,21)/t16-/m1/s1. The molecule has 0 radical (unpaired) electrons. The minimum Gasteiger partial charge on any atom is -0.350 e. The highest BCUT2D eigenvalue weighted by Gasteiger charge is 2.48. The average molecular weight is 284 g/mol. The Morgan fingerprint density at radius 3 is 2.52 bits per heavy atom. The third kappa shape index (κ3) is 2.59. The van der Waals surface area contributed by atoms with Crippen LogP contribution in [-0.4, -0.2) is 36.0 Å². The van der Waals surface area contributed by atoms with Gasteiger partial charge in [0, 0.05) is 37.5 Å². The van der Waals surface area contributed by atoms with Gasteiger partial charge in [0.05, 0.1) is 0 Å². The van der Waals surface area contributed by atoms with Gasteiger partial charge in [-0.05, 0) is 37.2 Å². The van der Waals surface area contributed by atoms with Crippen LogP contribution in [0.4, 0.5) is 0 Å². The zero-order valence-electron chi connectivity index (χ0n) is 12.6. The summed E-state index contributed by atoms with van der Waals surface area (Å²) in [7, 11) is 0. The summed E-state index contributed by atoms with van der Waals surface area (Å²) in [6.45, 7) is 3.56. The SMILES string of the molecule is O=C1C[C@H](c2ccccc2)C2(CCN(CC3CC3)CC2)N1. The van der Waals surface area contributed by atoms with Gasteiger partial charge in [0.15, 0.2) is 0 Å². The van der Waals surface area contributed by atoms with Gasteiger partial charge in [-0.2, -0.15) is 0 Å². The minimum atomic E-state index is 0.0124. The highest BCUT2D eigenvalue weighted by atomic mass is 16.2. The maximum Gasteiger partial charge on any atom is 0.221 e. The second-order valence-electron chi connectivity index (χ2n) is 7.12. The quantitative estimate of drug-likeness (QED) is 0.925. The topological polar surface area (TPSA) is 32.3 Å². The molecule has 112 valence electrons. The van der Waals surface area contributed by atoms with Crippen LogP contribution in [0.25, 0.3) is 0 Å². The molecule has 4 rings (SSSR count). The minimum absolute atomic E-state index is 0.0124. The van der Waals surface area contributed by atoms with Crippen LogP contribution in [0, 0.1) is 5.92 Å². The number of carbonyl (C=O) groups is 1. The number of piperidine rings is 1. The zero-order valence-corrected chi connectivity index (χ0v) is 12.6. The van der Waals surface area contributed by atoms with Gasteiger partial charge in [0.2, 0.25) is 5.91 Å². The lowest BCUT2D eigenvalue weighted by molar-refractivity contribution is -0.120. The van der Waals surface area contributed by atoms with Gasteiger partial charge in [-0.15, -0.1) is 0 Å². The van der Waals surface area contributed by atoms with Crippen LogP contribution in [-0.2, 0) is 4.79 Å². The lowest BCUT2D eigenvalue weighted by atomic mass is 9.74. The maximum absolute atomic E-state index is 12.0. The predicted octanol–water partition coefficient (Wildman–Crippen LogP) is 2.53. The predicted molar refractivity (Wildman–Crippen MR) is 83.1 cm³/mol. The molecule has 2 heterocycles. The smallest absolute Gasteiger partial charge is 0.221 e. The first-order valence-corrected chi connectivity index (χ1v) is 8.33. The van der Waals surface area contributed by atoms with E-state index in [-0.39, 0.29) is 11.4 Å². The van der Waals surface area contributed by atoms with E-state index >= 15 is 0 Å². The molecule has 3 nitrogen and oxygen atoms in total. The number of amides is 1. The summed E-state index contributed by atoms with van der Waals surface area (Å²) in [6.07, 6.45) is 5.71. The molecule has 1 amide bonds. The van der Waals surface area contributed by atoms with Crippen LogP contribution in [0.2, 0.25) is 0 Å². The van der Waals surface area contributed by atoms with Crippen LogP contribution in [0.15, 0.2) is 30.3 Å². The highest BCUT2D eigenvalue weighted by molar-refractivity contribution is 5.81. The zero-order chi connectivity index (χ0) is 14.3. The highest BCUT2D eigenvalue weighted by Crippen LogP contribution is 2.43. The molecule has 0 unspecified atom stereocenters. The van der Waals surface area contributed by atoms with Crippen molar-refractivity contribution in [1.82, 2.24) is 10.2 Å². The first-order chi connectivity index (χ1) is 10.3. The average Bonchev–Trinajstić information content (AvgIpc) is 3.26. The van der Waals surface area contributed by atoms with Crippen molar-refractivity contribution >= 4 is 5.91 Å². The van der Waals surface area contributed by atoms with Crippen LogP contribution in [0.5, 0.6) is 0 Å². The molecular weight excluding hydrogens is 260 g/mol. The number of carbonyl (C=O) groups excluding carboxylic acids is 1. The molecule has 3 aliphatic rings. The van der Waals surface area contributed by atoms with Gasteiger partial charge >= 0.3 is 0 Å². The molecule has 21 heavy (non-hydrogen) atoms. The summed E-state index contributed by atoms with van der Waals surface area (Å²) in [5.41, 5.74) is 1.34. The van der Waals surface area contributed by atoms with Crippen LogP contribution in [0.3, 0.4) is 0 Å². The molecule has 1 atom stereocenters. The van der Waals surface area contributed by atoms with E-state index in [0.29, 0.717) is 12.3 Å². The number of nitrogens with zero attached hydrogens (tertiary/aromatic N) is 1. The van der Waals surface area contributed by atoms with E-state index < -0.39 is 0 Å². The summed E-state index contributed by atoms with van der Waals surface area (Å²) in [6, 6.07) is 10.6. The second kappa shape index (κ2) is 5.13. The van der Waals surface area contributed by atoms with E-state index in [4.69, 9.17) is 0 Å². The Balaban J connectivity index is 1.50. The van der Waals surface area contributed by atoms with Gasteiger partial charge in [0.25, 0.3) is 0 Å². The molecule has 1 N–H and O–H groups in total. The van der Waals surface area contributed by atoms with Crippen molar-refractivity contribution < 1.29 is 4.79 Å². The number of benzene rings is 1. The molecule has 1 aliphatic carbocycles. The van der Waals surface area contributed by atoms with Crippen molar-refractivity contribution in [3.8, 4) is 0 Å². The fraction of sp³-hybridized carbons (Fsp3) is 0.611. The van der Waals surface area contributed by atoms with Crippen molar-refractivity contribution in [2.45, 2.75) is 43.6 Å². The first kappa shape index (κ1) is 13.3. The van der Waals surface area contributed by atoms with E-state index in [1.807, 2.05) is 0 Å². The van der Waals surface area contributed by atoms with Crippen molar-refractivity contribution in [1.29, 1.82) is 0 Å². The lowest BCUT2D eigenvalue weighted by Crippen LogP contribution is -2.53. The summed E-state index contributed by atoms with van der Waals surface area (Å²) in [5.74, 6) is 1.55. The fourth-order valence-electron chi connectivity index (χ4n) is 4.19. The van der Waals surface area contributed by atoms with Gasteiger partial charge in [-0.1, -0.05) is 30.3 Å². The van der Waals surface area contributed by atoms with E-state index in [2.05, 4.69) is 40.5 Å². The summed E-state index contributed by atoms with van der Waals surface area (Å²) >= 11 is 0. The Hall–Kier alpha value is -1.35. The Bertz CT molecular complexity index is 515. The largest absolute Gasteiger partial charge is 0.350 e. The number of hydrogen-bond acceptors (Lipinski definition) is 2. The lowest BCUT2D eigenvalue weighted by Gasteiger charge is -2.43. The molecule has 1 saturated carbocycles. The molecule has 2 saturated heterocycles. The molecular formula is C18H24N2O. The van der Waals surface area contributed by atoms with E-state index in [0.717, 1.165) is 31.8 Å². The van der Waals surface area contributed by atoms with Crippen LogP contribution >= 0.6 is 0 Å². The van der Waals surface area contributed by atoms with Gasteiger partial charge < -0.3 is 10.2 Å². The molecule has 1 aromatic carbocycles. The van der Waals surface area contributed by atoms with Crippen LogP contribution < -0.4 is 5.32 Å². The number of hydrogen-bond donors (Lipinski definition) is 1. The molecule has 2 aliphatic heterocycles. The number of rotatable bonds is 3. The fourth-order valence-corrected chi connectivity index (χ4v) is 4.19. The monoisotopic (exact) mass is 284 g/mol. The molecule has 3 heteroatoms. The molecule has 0 bridgehead atoms. The van der Waals surface area contributed by atoms with Crippen molar-refractivity contribution in [2.75, 3.05) is 19.6 Å².